The number of carbonyl (C=O) groups excluding carboxylic acids is 3. The molecule has 7 nitrogen and oxygen atoms in total. The minimum Gasteiger partial charge on any atom is -0.320 e. The highest BCUT2D eigenvalue weighted by Crippen LogP contribution is 2.25. The molecule has 0 aliphatic carbocycles. The number of benzene rings is 3. The predicted molar refractivity (Wildman–Crippen MR) is 138 cm³/mol. The number of carbonyl (C=O) groups is 3. The minimum atomic E-state index is -0.928. The van der Waals surface area contributed by atoms with E-state index in [2.05, 4.69) is 32.0 Å². The molecule has 0 spiro atoms. The molecule has 0 bridgehead atoms. The van der Waals surface area contributed by atoms with E-state index in [1.807, 2.05) is 32.0 Å². The van der Waals surface area contributed by atoms with E-state index >= 15 is 0 Å². The van der Waals surface area contributed by atoms with Gasteiger partial charge in [-0.1, -0.05) is 39.7 Å². The molecule has 0 aliphatic rings. The molecular weight excluding hydrogens is 520 g/mol. The smallest absolute Gasteiger partial charge is 0.320 e. The van der Waals surface area contributed by atoms with Crippen LogP contribution in [0, 0.1) is 13.8 Å². The van der Waals surface area contributed by atoms with E-state index in [1.165, 1.54) is 4.68 Å². The summed E-state index contributed by atoms with van der Waals surface area (Å²) < 4.78 is 2.17. The van der Waals surface area contributed by atoms with Crippen molar-refractivity contribution in [2.75, 3.05) is 16.1 Å². The molecule has 1 aromatic heterocycles. The van der Waals surface area contributed by atoms with Crippen molar-refractivity contribution in [2.24, 2.45) is 0 Å². The number of amides is 3. The molecule has 172 valence electrons. The molecule has 0 radical (unpaired) electrons. The molecule has 4 rings (SSSR count). The summed E-state index contributed by atoms with van der Waals surface area (Å²) in [6, 6.07) is 19.1. The Labute approximate surface area is 209 Å². The largest absolute Gasteiger partial charge is 0.328 e. The number of fused-ring (bicyclic) bond motifs is 1. The Hall–Kier alpha value is -3.62. The van der Waals surface area contributed by atoms with Crippen molar-refractivity contribution in [3.63, 3.8) is 0 Å². The van der Waals surface area contributed by atoms with E-state index in [0.29, 0.717) is 27.3 Å². The predicted octanol–water partition coefficient (Wildman–Crippen LogP) is 5.64. The molecule has 0 aliphatic heterocycles. The van der Waals surface area contributed by atoms with Gasteiger partial charge in [-0.3, -0.25) is 19.8 Å². The molecule has 3 N–H and O–H groups in total. The monoisotopic (exact) mass is 538 g/mol. The number of hydrogen-bond donors (Lipinski definition) is 3. The van der Waals surface area contributed by atoms with Gasteiger partial charge < -0.3 is 10.6 Å². The van der Waals surface area contributed by atoms with E-state index in [0.717, 1.165) is 15.6 Å². The Balaban J connectivity index is 1.64. The lowest BCUT2D eigenvalue weighted by Crippen LogP contribution is -2.36. The van der Waals surface area contributed by atoms with Gasteiger partial charge in [0.15, 0.2) is 0 Å². The average molecular weight is 540 g/mol. The Kier molecular flexibility index (Phi) is 6.72. The van der Waals surface area contributed by atoms with Gasteiger partial charge in [-0.25, -0.2) is 4.68 Å². The Bertz CT molecular complexity index is 1450. The van der Waals surface area contributed by atoms with Gasteiger partial charge in [0.1, 0.15) is 5.69 Å². The van der Waals surface area contributed by atoms with Gasteiger partial charge in [-0.15, -0.1) is 0 Å². The first-order valence-corrected chi connectivity index (χ1v) is 11.5. The van der Waals surface area contributed by atoms with Crippen molar-refractivity contribution in [3.8, 4) is 0 Å². The molecule has 0 unspecified atom stereocenters. The third kappa shape index (κ3) is 5.13. The second-order valence-corrected chi connectivity index (χ2v) is 9.10. The second-order valence-electron chi connectivity index (χ2n) is 7.75. The van der Waals surface area contributed by atoms with Gasteiger partial charge >= 0.3 is 11.8 Å². The summed E-state index contributed by atoms with van der Waals surface area (Å²) in [5, 5.41) is 6.52. The number of aromatic nitrogens is 1. The number of rotatable bonds is 4. The Morgan fingerprint density at radius 1 is 0.882 bits per heavy atom. The van der Waals surface area contributed by atoms with Gasteiger partial charge in [0.05, 0.1) is 5.52 Å². The Morgan fingerprint density at radius 2 is 1.68 bits per heavy atom. The third-order valence-electron chi connectivity index (χ3n) is 5.13. The zero-order chi connectivity index (χ0) is 24.4. The zero-order valence-electron chi connectivity index (χ0n) is 18.3. The molecule has 0 saturated carbocycles. The zero-order valence-corrected chi connectivity index (χ0v) is 20.6. The molecule has 4 aromatic rings. The fourth-order valence-corrected chi connectivity index (χ4v) is 4.15. The number of hydrogen-bond acceptors (Lipinski definition) is 3. The van der Waals surface area contributed by atoms with Gasteiger partial charge in [0, 0.05) is 26.3 Å². The first-order valence-electron chi connectivity index (χ1n) is 10.3. The van der Waals surface area contributed by atoms with Gasteiger partial charge in [0.2, 0.25) is 0 Å². The maximum atomic E-state index is 13.2. The summed E-state index contributed by atoms with van der Waals surface area (Å²) in [5.41, 5.74) is 6.09. The molecule has 9 heteroatoms. The summed E-state index contributed by atoms with van der Waals surface area (Å²) >= 11 is 9.52. The average Bonchev–Trinajstić information content (AvgIpc) is 3.13. The van der Waals surface area contributed by atoms with Crippen LogP contribution < -0.4 is 16.1 Å². The van der Waals surface area contributed by atoms with Gasteiger partial charge in [-0.05, 0) is 79.6 Å². The van der Waals surface area contributed by atoms with E-state index < -0.39 is 17.7 Å². The molecule has 0 saturated heterocycles. The highest BCUT2D eigenvalue weighted by molar-refractivity contribution is 9.10. The minimum absolute atomic E-state index is 0.135. The normalized spacial score (nSPS) is 10.7. The molecule has 0 atom stereocenters. The fourth-order valence-electron chi connectivity index (χ4n) is 3.49. The van der Waals surface area contributed by atoms with Crippen molar-refractivity contribution in [3.05, 3.63) is 93.0 Å². The standard InChI is InChI=1S/C25H20BrClN4O3/c1-14-4-3-5-19(10-14)28-24(33)25(34)30-31-21-9-7-18(27)12-16(21)13-22(31)23(32)29-20-8-6-17(26)11-15(20)2/h3-13H,1-2H3,(H,28,33)(H,29,32)(H,30,34). The molecular formula is C25H20BrClN4O3. The molecule has 3 aromatic carbocycles. The van der Waals surface area contributed by atoms with Crippen LogP contribution in [0.2, 0.25) is 5.02 Å². The molecule has 3 amide bonds. The molecule has 1 heterocycles. The van der Waals surface area contributed by atoms with Gasteiger partial charge in [0.25, 0.3) is 5.91 Å². The van der Waals surface area contributed by atoms with Gasteiger partial charge in [-0.2, -0.15) is 0 Å². The van der Waals surface area contributed by atoms with Crippen LogP contribution in [-0.4, -0.2) is 22.4 Å². The van der Waals surface area contributed by atoms with Crippen molar-refractivity contribution < 1.29 is 14.4 Å². The van der Waals surface area contributed by atoms with E-state index in [9.17, 15) is 14.4 Å². The van der Waals surface area contributed by atoms with Crippen molar-refractivity contribution in [1.29, 1.82) is 0 Å². The van der Waals surface area contributed by atoms with Crippen LogP contribution in [0.15, 0.2) is 71.2 Å². The van der Waals surface area contributed by atoms with Crippen LogP contribution in [0.4, 0.5) is 11.4 Å². The fraction of sp³-hybridized carbons (Fsp3) is 0.0800. The lowest BCUT2D eigenvalue weighted by molar-refractivity contribution is -0.133. The maximum absolute atomic E-state index is 13.2. The van der Waals surface area contributed by atoms with E-state index in [4.69, 9.17) is 11.6 Å². The van der Waals surface area contributed by atoms with Crippen LogP contribution in [-0.2, 0) is 9.59 Å². The van der Waals surface area contributed by atoms with Crippen LogP contribution >= 0.6 is 27.5 Å². The Morgan fingerprint density at radius 3 is 2.41 bits per heavy atom. The maximum Gasteiger partial charge on any atom is 0.328 e. The third-order valence-corrected chi connectivity index (χ3v) is 5.86. The summed E-state index contributed by atoms with van der Waals surface area (Å²) in [6.07, 6.45) is 0. The van der Waals surface area contributed by atoms with Crippen LogP contribution in [0.1, 0.15) is 21.6 Å². The quantitative estimate of drug-likeness (QED) is 0.293. The highest BCUT2D eigenvalue weighted by atomic mass is 79.9. The van der Waals surface area contributed by atoms with Crippen molar-refractivity contribution in [2.45, 2.75) is 13.8 Å². The first-order chi connectivity index (χ1) is 16.2. The van der Waals surface area contributed by atoms with Crippen LogP contribution in [0.25, 0.3) is 10.9 Å². The van der Waals surface area contributed by atoms with Crippen LogP contribution in [0.3, 0.4) is 0 Å². The first kappa shape index (κ1) is 23.5. The number of nitrogens with zero attached hydrogens (tertiary/aromatic N) is 1. The number of anilines is 2. The van der Waals surface area contributed by atoms with Crippen LogP contribution in [0.5, 0.6) is 0 Å². The number of halogens is 2. The summed E-state index contributed by atoms with van der Waals surface area (Å²) in [5.74, 6) is -2.25. The summed E-state index contributed by atoms with van der Waals surface area (Å²) in [4.78, 5) is 38.4. The second kappa shape index (κ2) is 9.70. The number of nitrogens with one attached hydrogen (secondary N) is 3. The van der Waals surface area contributed by atoms with Crippen molar-refractivity contribution >= 4 is 67.5 Å². The molecule has 34 heavy (non-hydrogen) atoms. The number of aryl methyl sites for hydroxylation is 2. The lowest BCUT2D eigenvalue weighted by Gasteiger charge is -2.14. The van der Waals surface area contributed by atoms with E-state index in [1.54, 1.807) is 48.5 Å². The SMILES string of the molecule is Cc1cccc(NC(=O)C(=O)Nn2c(C(=O)Nc3ccc(Br)cc3C)cc3cc(Cl)ccc32)c1. The highest BCUT2D eigenvalue weighted by Gasteiger charge is 2.21. The summed E-state index contributed by atoms with van der Waals surface area (Å²) in [6.45, 7) is 3.75. The molecule has 0 fully saturated rings. The van der Waals surface area contributed by atoms with E-state index in [-0.39, 0.29) is 5.69 Å². The summed E-state index contributed by atoms with van der Waals surface area (Å²) in [7, 11) is 0. The topological polar surface area (TPSA) is 92.2 Å². The lowest BCUT2D eigenvalue weighted by atomic mass is 10.2. The van der Waals surface area contributed by atoms with Crippen molar-refractivity contribution in [1.82, 2.24) is 4.68 Å².